The molecule has 0 saturated heterocycles. The van der Waals surface area contributed by atoms with E-state index in [-0.39, 0.29) is 17.4 Å². The summed E-state index contributed by atoms with van der Waals surface area (Å²) in [5.41, 5.74) is 7.13. The lowest BCUT2D eigenvalue weighted by atomic mass is 9.49. The van der Waals surface area contributed by atoms with Gasteiger partial charge in [-0.3, -0.25) is 15.6 Å². The highest BCUT2D eigenvalue weighted by Gasteiger charge is 2.51. The highest BCUT2D eigenvalue weighted by atomic mass is 32.1. The Balaban J connectivity index is 1.25. The number of carbonyl (C=O) groups excluding carboxylic acids is 1. The van der Waals surface area contributed by atoms with Gasteiger partial charge in [0.25, 0.3) is 0 Å². The van der Waals surface area contributed by atoms with Gasteiger partial charge in [0.1, 0.15) is 0 Å². The molecule has 5 heteroatoms. The van der Waals surface area contributed by atoms with Crippen molar-refractivity contribution >= 4 is 23.2 Å². The molecular weight excluding hydrogens is 342 g/mol. The largest absolute Gasteiger partial charge is 0.355 e. The summed E-state index contributed by atoms with van der Waals surface area (Å²) in [5, 5.41) is 3.68. The van der Waals surface area contributed by atoms with Crippen molar-refractivity contribution in [3.63, 3.8) is 0 Å². The van der Waals surface area contributed by atoms with Gasteiger partial charge in [0, 0.05) is 6.42 Å². The molecular formula is C21H29N3OS. The minimum atomic E-state index is 0.0727. The summed E-state index contributed by atoms with van der Waals surface area (Å²) < 4.78 is 0. The number of hydrogen-bond donors (Lipinski definition) is 3. The van der Waals surface area contributed by atoms with Crippen molar-refractivity contribution in [2.45, 2.75) is 57.9 Å². The van der Waals surface area contributed by atoms with E-state index in [0.717, 1.165) is 23.3 Å². The van der Waals surface area contributed by atoms with E-state index in [2.05, 4.69) is 35.2 Å². The Morgan fingerprint density at radius 3 is 2.23 bits per heavy atom. The molecule has 1 aromatic carbocycles. The van der Waals surface area contributed by atoms with Crippen LogP contribution in [0.15, 0.2) is 30.3 Å². The van der Waals surface area contributed by atoms with Crippen LogP contribution in [0.25, 0.3) is 0 Å². The molecule has 4 nitrogen and oxygen atoms in total. The number of rotatable bonds is 4. The van der Waals surface area contributed by atoms with Crippen LogP contribution in [0.4, 0.5) is 0 Å². The Kier molecular flexibility index (Phi) is 4.91. The van der Waals surface area contributed by atoms with Gasteiger partial charge in [-0.05, 0) is 86.4 Å². The van der Waals surface area contributed by atoms with Gasteiger partial charge in [0.05, 0.1) is 6.04 Å². The van der Waals surface area contributed by atoms with Crippen molar-refractivity contribution in [1.82, 2.24) is 16.2 Å². The van der Waals surface area contributed by atoms with Crippen molar-refractivity contribution in [2.24, 2.45) is 23.2 Å². The summed E-state index contributed by atoms with van der Waals surface area (Å²) in [5.74, 6) is 2.69. The van der Waals surface area contributed by atoms with Crippen LogP contribution < -0.4 is 16.2 Å². The molecule has 0 heterocycles. The first-order chi connectivity index (χ1) is 12.5. The summed E-state index contributed by atoms with van der Waals surface area (Å²) in [7, 11) is 0. The zero-order valence-electron chi connectivity index (χ0n) is 15.5. The number of benzene rings is 1. The number of amides is 1. The first-order valence-corrected chi connectivity index (χ1v) is 10.3. The molecule has 1 aromatic rings. The van der Waals surface area contributed by atoms with Gasteiger partial charge in [-0.2, -0.15) is 0 Å². The lowest BCUT2D eigenvalue weighted by Crippen LogP contribution is -2.51. The lowest BCUT2D eigenvalue weighted by Gasteiger charge is -2.56. The Bertz CT molecular complexity index is 640. The molecule has 4 aliphatic carbocycles. The molecule has 4 saturated carbocycles. The van der Waals surface area contributed by atoms with Crippen LogP contribution in [-0.4, -0.2) is 11.0 Å². The molecule has 1 amide bonds. The van der Waals surface area contributed by atoms with Gasteiger partial charge in [0.15, 0.2) is 5.11 Å². The Hall–Kier alpha value is -1.62. The first kappa shape index (κ1) is 17.8. The van der Waals surface area contributed by atoms with Gasteiger partial charge < -0.3 is 5.32 Å². The summed E-state index contributed by atoms with van der Waals surface area (Å²) in [6.45, 7) is 2.06. The van der Waals surface area contributed by atoms with Crippen LogP contribution in [0.3, 0.4) is 0 Å². The number of hydrogen-bond acceptors (Lipinski definition) is 2. The minimum absolute atomic E-state index is 0.0727. The molecule has 4 aliphatic rings. The van der Waals surface area contributed by atoms with Gasteiger partial charge in [-0.15, -0.1) is 0 Å². The average Bonchev–Trinajstić information content (AvgIpc) is 2.59. The number of nitrogens with one attached hydrogen (secondary N) is 3. The summed E-state index contributed by atoms with van der Waals surface area (Å²) >= 11 is 5.33. The Morgan fingerprint density at radius 1 is 1.08 bits per heavy atom. The van der Waals surface area contributed by atoms with Gasteiger partial charge in [-0.1, -0.05) is 30.3 Å². The molecule has 0 radical (unpaired) electrons. The zero-order valence-corrected chi connectivity index (χ0v) is 16.3. The minimum Gasteiger partial charge on any atom is -0.355 e. The topological polar surface area (TPSA) is 53.2 Å². The summed E-state index contributed by atoms with van der Waals surface area (Å²) in [6, 6.07) is 10.2. The van der Waals surface area contributed by atoms with Gasteiger partial charge in [-0.25, -0.2) is 0 Å². The fraction of sp³-hybridized carbons (Fsp3) is 0.619. The molecule has 26 heavy (non-hydrogen) atoms. The van der Waals surface area contributed by atoms with Crippen LogP contribution in [0.2, 0.25) is 0 Å². The molecule has 4 bridgehead atoms. The fourth-order valence-electron chi connectivity index (χ4n) is 6.08. The molecule has 0 aromatic heterocycles. The maximum Gasteiger partial charge on any atom is 0.238 e. The van der Waals surface area contributed by atoms with E-state index in [4.69, 9.17) is 12.2 Å². The normalized spacial score (nSPS) is 32.7. The van der Waals surface area contributed by atoms with Crippen molar-refractivity contribution in [3.05, 3.63) is 35.9 Å². The molecule has 4 fully saturated rings. The zero-order chi connectivity index (χ0) is 18.1. The molecule has 5 rings (SSSR count). The summed E-state index contributed by atoms with van der Waals surface area (Å²) in [4.78, 5) is 12.5. The SMILES string of the molecule is C[C@H](NC(=S)NNC(=O)CC12CC3CC(CC(C3)C1)C2)c1ccccc1. The van der Waals surface area contributed by atoms with E-state index in [1.807, 2.05) is 18.2 Å². The van der Waals surface area contributed by atoms with Crippen LogP contribution in [0.5, 0.6) is 0 Å². The highest BCUT2D eigenvalue weighted by molar-refractivity contribution is 7.80. The van der Waals surface area contributed by atoms with E-state index in [0.29, 0.717) is 11.5 Å². The van der Waals surface area contributed by atoms with Crippen molar-refractivity contribution in [1.29, 1.82) is 0 Å². The molecule has 0 aliphatic heterocycles. The van der Waals surface area contributed by atoms with Crippen molar-refractivity contribution < 1.29 is 4.79 Å². The second kappa shape index (κ2) is 7.18. The number of carbonyl (C=O) groups is 1. The first-order valence-electron chi connectivity index (χ1n) is 9.92. The monoisotopic (exact) mass is 371 g/mol. The molecule has 140 valence electrons. The van der Waals surface area contributed by atoms with E-state index < -0.39 is 0 Å². The van der Waals surface area contributed by atoms with Crippen LogP contribution in [-0.2, 0) is 4.79 Å². The van der Waals surface area contributed by atoms with Crippen LogP contribution in [0.1, 0.15) is 63.5 Å². The lowest BCUT2D eigenvalue weighted by molar-refractivity contribution is -0.130. The Labute approximate surface area is 161 Å². The second-order valence-corrected chi connectivity index (χ2v) is 9.28. The third-order valence-electron chi connectivity index (χ3n) is 6.66. The fourth-order valence-corrected chi connectivity index (χ4v) is 6.30. The van der Waals surface area contributed by atoms with Crippen LogP contribution in [0, 0.1) is 23.2 Å². The predicted molar refractivity (Wildman–Crippen MR) is 107 cm³/mol. The van der Waals surface area contributed by atoms with Gasteiger partial charge in [0.2, 0.25) is 5.91 Å². The summed E-state index contributed by atoms with van der Waals surface area (Å²) in [6.07, 6.45) is 8.61. The number of hydrazine groups is 1. The second-order valence-electron chi connectivity index (χ2n) is 8.87. The smallest absolute Gasteiger partial charge is 0.238 e. The Morgan fingerprint density at radius 2 is 1.65 bits per heavy atom. The van der Waals surface area contributed by atoms with Crippen LogP contribution >= 0.6 is 12.2 Å². The molecule has 0 unspecified atom stereocenters. The predicted octanol–water partition coefficient (Wildman–Crippen LogP) is 3.85. The number of thiocarbonyl (C=S) groups is 1. The van der Waals surface area contributed by atoms with E-state index in [9.17, 15) is 4.79 Å². The van der Waals surface area contributed by atoms with E-state index in [1.54, 1.807) is 0 Å². The van der Waals surface area contributed by atoms with E-state index >= 15 is 0 Å². The van der Waals surface area contributed by atoms with Crippen molar-refractivity contribution in [3.8, 4) is 0 Å². The third-order valence-corrected chi connectivity index (χ3v) is 6.88. The third kappa shape index (κ3) is 3.88. The average molecular weight is 372 g/mol. The highest BCUT2D eigenvalue weighted by Crippen LogP contribution is 2.61. The molecule has 1 atom stereocenters. The standard InChI is InChI=1S/C21H29N3OS/c1-14(18-5-3-2-4-6-18)22-20(26)24-23-19(25)13-21-10-15-7-16(11-21)9-17(8-15)12-21/h2-6,14-17H,7-13H2,1H3,(H,23,25)(H2,22,24,26)/t14-,15?,16?,17?,21?/m0/s1. The quantitative estimate of drug-likeness (QED) is 0.556. The van der Waals surface area contributed by atoms with Crippen molar-refractivity contribution in [2.75, 3.05) is 0 Å². The van der Waals surface area contributed by atoms with Gasteiger partial charge >= 0.3 is 0 Å². The molecule has 0 spiro atoms. The maximum atomic E-state index is 12.5. The maximum absolute atomic E-state index is 12.5. The molecule has 3 N–H and O–H groups in total. The van der Waals surface area contributed by atoms with E-state index in [1.165, 1.54) is 38.5 Å².